The highest BCUT2D eigenvalue weighted by atomic mass is 14.5. The number of hydrogen-bond acceptors (Lipinski definition) is 2. The summed E-state index contributed by atoms with van der Waals surface area (Å²) in [6, 6.07) is 21.9. The Morgan fingerprint density at radius 3 is 1.38 bits per heavy atom. The molecule has 0 spiro atoms. The molecule has 2 nitrogen and oxygen atoms in total. The third kappa shape index (κ3) is 2.68. The molecule has 0 unspecified atom stereocenters. The second-order valence-electron chi connectivity index (χ2n) is 7.03. The zero-order valence-corrected chi connectivity index (χ0v) is 15.3. The van der Waals surface area contributed by atoms with Crippen molar-refractivity contribution in [2.75, 3.05) is 0 Å². The van der Waals surface area contributed by atoms with E-state index in [4.69, 9.17) is 11.5 Å². The van der Waals surface area contributed by atoms with Gasteiger partial charge in [0.1, 0.15) is 0 Å². The van der Waals surface area contributed by atoms with E-state index in [0.717, 1.165) is 11.1 Å². The van der Waals surface area contributed by atoms with E-state index in [1.807, 2.05) is 0 Å². The molecule has 4 aromatic rings. The van der Waals surface area contributed by atoms with Crippen molar-refractivity contribution in [2.24, 2.45) is 11.5 Å². The molecule has 0 aliphatic heterocycles. The molecule has 4 aromatic carbocycles. The zero-order chi connectivity index (χ0) is 18.3. The molecular formula is C24H24N2. The van der Waals surface area contributed by atoms with Crippen LogP contribution in [0.1, 0.15) is 22.3 Å². The third-order valence-corrected chi connectivity index (χ3v) is 5.31. The first-order valence-corrected chi connectivity index (χ1v) is 9.07. The number of benzene rings is 4. The average Bonchev–Trinajstić information content (AvgIpc) is 2.68. The lowest BCUT2D eigenvalue weighted by atomic mass is 9.87. The number of fused-ring (bicyclic) bond motifs is 2. The van der Waals surface area contributed by atoms with E-state index in [9.17, 15) is 0 Å². The summed E-state index contributed by atoms with van der Waals surface area (Å²) >= 11 is 0. The van der Waals surface area contributed by atoms with Crippen LogP contribution in [0.4, 0.5) is 0 Å². The van der Waals surface area contributed by atoms with Crippen molar-refractivity contribution in [3.05, 3.63) is 82.9 Å². The Kier molecular flexibility index (Phi) is 4.23. The lowest BCUT2D eigenvalue weighted by Gasteiger charge is -2.17. The fourth-order valence-corrected chi connectivity index (χ4v) is 3.89. The Balaban J connectivity index is 2.09. The van der Waals surface area contributed by atoms with Crippen LogP contribution in [0, 0.1) is 13.8 Å². The summed E-state index contributed by atoms with van der Waals surface area (Å²) in [4.78, 5) is 0. The summed E-state index contributed by atoms with van der Waals surface area (Å²) in [5, 5.41) is 5.04. The fourth-order valence-electron chi connectivity index (χ4n) is 3.89. The van der Waals surface area contributed by atoms with Gasteiger partial charge < -0.3 is 11.5 Å². The molecule has 0 aliphatic rings. The van der Waals surface area contributed by atoms with Crippen LogP contribution in [0.25, 0.3) is 32.7 Å². The molecule has 0 aromatic heterocycles. The molecule has 4 N–H and O–H groups in total. The molecular weight excluding hydrogens is 316 g/mol. The maximum Gasteiger partial charge on any atom is 0.0178 e. The summed E-state index contributed by atoms with van der Waals surface area (Å²) in [6.45, 7) is 5.51. The smallest absolute Gasteiger partial charge is 0.0178 e. The average molecular weight is 340 g/mol. The van der Waals surface area contributed by atoms with Gasteiger partial charge in [-0.1, -0.05) is 48.5 Å². The number of hydrogen-bond donors (Lipinski definition) is 2. The third-order valence-electron chi connectivity index (χ3n) is 5.31. The molecule has 2 heteroatoms. The number of nitrogens with two attached hydrogens (primary N) is 2. The van der Waals surface area contributed by atoms with Crippen molar-refractivity contribution in [3.8, 4) is 11.1 Å². The molecule has 0 heterocycles. The number of rotatable bonds is 3. The van der Waals surface area contributed by atoms with Crippen LogP contribution in [0.5, 0.6) is 0 Å². The molecule has 0 aliphatic carbocycles. The SMILES string of the molecule is Cc1ccc2cc(CN)ccc2c1-c1c(C)ccc2cc(CN)ccc12. The molecule has 0 saturated heterocycles. The van der Waals surface area contributed by atoms with Gasteiger partial charge in [0.05, 0.1) is 0 Å². The van der Waals surface area contributed by atoms with Crippen LogP contribution in [-0.2, 0) is 13.1 Å². The van der Waals surface area contributed by atoms with Gasteiger partial charge in [-0.25, -0.2) is 0 Å². The minimum absolute atomic E-state index is 0.564. The van der Waals surface area contributed by atoms with Crippen LogP contribution in [0.15, 0.2) is 60.7 Å². The van der Waals surface area contributed by atoms with E-state index >= 15 is 0 Å². The topological polar surface area (TPSA) is 52.0 Å². The van der Waals surface area contributed by atoms with Crippen molar-refractivity contribution in [3.63, 3.8) is 0 Å². The van der Waals surface area contributed by atoms with Crippen molar-refractivity contribution >= 4 is 21.5 Å². The second kappa shape index (κ2) is 6.56. The van der Waals surface area contributed by atoms with E-state index in [0.29, 0.717) is 13.1 Å². The van der Waals surface area contributed by atoms with Crippen LogP contribution < -0.4 is 11.5 Å². The largest absolute Gasteiger partial charge is 0.326 e. The number of aryl methyl sites for hydroxylation is 2. The van der Waals surface area contributed by atoms with Crippen LogP contribution in [-0.4, -0.2) is 0 Å². The van der Waals surface area contributed by atoms with Crippen molar-refractivity contribution in [2.45, 2.75) is 26.9 Å². The standard InChI is InChI=1S/C24H24N2/c1-15-3-7-19-11-17(13-25)5-9-21(19)23(15)24-16(2)4-8-20-12-18(14-26)6-10-22(20)24/h3-12H,13-14,25-26H2,1-2H3. The highest BCUT2D eigenvalue weighted by Crippen LogP contribution is 2.39. The van der Waals surface area contributed by atoms with E-state index in [1.54, 1.807) is 0 Å². The van der Waals surface area contributed by atoms with E-state index in [-0.39, 0.29) is 0 Å². The monoisotopic (exact) mass is 340 g/mol. The van der Waals surface area contributed by atoms with Crippen molar-refractivity contribution in [1.82, 2.24) is 0 Å². The van der Waals surface area contributed by atoms with Gasteiger partial charge in [-0.2, -0.15) is 0 Å². The Morgan fingerprint density at radius 2 is 1.00 bits per heavy atom. The van der Waals surface area contributed by atoms with Gasteiger partial charge in [0.15, 0.2) is 0 Å². The molecule has 0 fully saturated rings. The molecule has 0 atom stereocenters. The predicted octanol–water partition coefficient (Wildman–Crippen LogP) is 5.19. The zero-order valence-electron chi connectivity index (χ0n) is 15.3. The molecule has 0 amide bonds. The fraction of sp³-hybridized carbons (Fsp3) is 0.167. The first-order chi connectivity index (χ1) is 12.6. The highest BCUT2D eigenvalue weighted by Gasteiger charge is 2.14. The molecule has 0 radical (unpaired) electrons. The normalized spacial score (nSPS) is 11.4. The maximum atomic E-state index is 5.84. The Bertz CT molecular complexity index is 1030. The second-order valence-corrected chi connectivity index (χ2v) is 7.03. The van der Waals surface area contributed by atoms with E-state index in [1.165, 1.54) is 43.8 Å². The van der Waals surface area contributed by atoms with Gasteiger partial charge in [0.25, 0.3) is 0 Å². The van der Waals surface area contributed by atoms with Gasteiger partial charge in [-0.15, -0.1) is 0 Å². The lowest BCUT2D eigenvalue weighted by Crippen LogP contribution is -1.98. The Labute approximate surface area is 154 Å². The molecule has 0 bridgehead atoms. The predicted molar refractivity (Wildman–Crippen MR) is 112 cm³/mol. The highest BCUT2D eigenvalue weighted by molar-refractivity contribution is 6.07. The Morgan fingerprint density at radius 1 is 0.577 bits per heavy atom. The van der Waals surface area contributed by atoms with Crippen LogP contribution >= 0.6 is 0 Å². The summed E-state index contributed by atoms with van der Waals surface area (Å²) in [6.07, 6.45) is 0. The Hall–Kier alpha value is -2.68. The van der Waals surface area contributed by atoms with Gasteiger partial charge in [-0.3, -0.25) is 0 Å². The van der Waals surface area contributed by atoms with Crippen LogP contribution in [0.2, 0.25) is 0 Å². The maximum absolute atomic E-state index is 5.84. The summed E-state index contributed by atoms with van der Waals surface area (Å²) in [7, 11) is 0. The van der Waals surface area contributed by atoms with Crippen molar-refractivity contribution in [1.29, 1.82) is 0 Å². The molecule has 26 heavy (non-hydrogen) atoms. The molecule has 0 saturated carbocycles. The van der Waals surface area contributed by atoms with Crippen LogP contribution in [0.3, 0.4) is 0 Å². The van der Waals surface area contributed by atoms with Gasteiger partial charge in [-0.05, 0) is 80.9 Å². The molecule has 130 valence electrons. The summed E-state index contributed by atoms with van der Waals surface area (Å²) in [5.74, 6) is 0. The quantitative estimate of drug-likeness (QED) is 0.539. The lowest BCUT2D eigenvalue weighted by molar-refractivity contribution is 1.08. The summed E-state index contributed by atoms with van der Waals surface area (Å²) in [5.41, 5.74) is 19.2. The minimum Gasteiger partial charge on any atom is -0.326 e. The van der Waals surface area contributed by atoms with Crippen molar-refractivity contribution < 1.29 is 0 Å². The summed E-state index contributed by atoms with van der Waals surface area (Å²) < 4.78 is 0. The minimum atomic E-state index is 0.564. The van der Waals surface area contributed by atoms with Gasteiger partial charge >= 0.3 is 0 Å². The molecule has 4 rings (SSSR count). The van der Waals surface area contributed by atoms with Gasteiger partial charge in [0, 0.05) is 13.1 Å². The first-order valence-electron chi connectivity index (χ1n) is 9.07. The van der Waals surface area contributed by atoms with Gasteiger partial charge in [0.2, 0.25) is 0 Å². The first kappa shape index (κ1) is 16.8. The van der Waals surface area contributed by atoms with E-state index < -0.39 is 0 Å². The van der Waals surface area contributed by atoms with E-state index in [2.05, 4.69) is 74.5 Å².